The first kappa shape index (κ1) is 11.3. The third kappa shape index (κ3) is 3.12. The zero-order valence-corrected chi connectivity index (χ0v) is 8.70. The van der Waals surface area contributed by atoms with Crippen molar-refractivity contribution in [3.8, 4) is 0 Å². The van der Waals surface area contributed by atoms with Crippen LogP contribution in [0.3, 0.4) is 0 Å². The van der Waals surface area contributed by atoms with Crippen LogP contribution >= 0.6 is 0 Å². The highest BCUT2D eigenvalue weighted by atomic mass is 16.5. The zero-order valence-electron chi connectivity index (χ0n) is 8.70. The zero-order chi connectivity index (χ0) is 11.3. The van der Waals surface area contributed by atoms with E-state index >= 15 is 0 Å². The van der Waals surface area contributed by atoms with Crippen LogP contribution < -0.4 is 0 Å². The number of methoxy groups -OCH3 is 1. The molecule has 0 aliphatic heterocycles. The lowest BCUT2D eigenvalue weighted by Crippen LogP contribution is -2.06. The molecule has 0 bridgehead atoms. The average molecular weight is 211 g/mol. The highest BCUT2D eigenvalue weighted by Gasteiger charge is 2.10. The molecule has 0 spiro atoms. The van der Waals surface area contributed by atoms with E-state index in [-0.39, 0.29) is 12.4 Å². The summed E-state index contributed by atoms with van der Waals surface area (Å²) in [7, 11) is 1.30. The van der Waals surface area contributed by atoms with Gasteiger partial charge in [0.15, 0.2) is 0 Å². The number of ether oxygens (including phenoxy) is 2. The van der Waals surface area contributed by atoms with Crippen molar-refractivity contribution < 1.29 is 19.1 Å². The fourth-order valence-corrected chi connectivity index (χ4v) is 1.15. The number of rotatable bonds is 4. The molecule has 0 fully saturated rings. The monoisotopic (exact) mass is 211 g/mol. The predicted molar refractivity (Wildman–Crippen MR) is 52.5 cm³/mol. The van der Waals surface area contributed by atoms with E-state index in [0.29, 0.717) is 17.9 Å². The Kier molecular flexibility index (Phi) is 3.91. The first-order chi connectivity index (χ1) is 7.17. The lowest BCUT2D eigenvalue weighted by molar-refractivity contribution is -0.142. The second kappa shape index (κ2) is 5.19. The van der Waals surface area contributed by atoms with Gasteiger partial charge in [-0.2, -0.15) is 0 Å². The molecule has 1 N–H and O–H groups in total. The van der Waals surface area contributed by atoms with Gasteiger partial charge in [0.25, 0.3) is 0 Å². The third-order valence-corrected chi connectivity index (χ3v) is 1.80. The Balaban J connectivity index is 2.60. The molecule has 5 nitrogen and oxygen atoms in total. The third-order valence-electron chi connectivity index (χ3n) is 1.80. The Morgan fingerprint density at radius 3 is 2.80 bits per heavy atom. The number of carbonyl (C=O) groups is 2. The molecule has 1 aromatic heterocycles. The van der Waals surface area contributed by atoms with Crippen molar-refractivity contribution >= 4 is 11.9 Å². The number of nitrogens with one attached hydrogen (secondary N) is 1. The minimum absolute atomic E-state index is 0.154. The second-order valence-electron chi connectivity index (χ2n) is 2.89. The largest absolute Gasteiger partial charge is 0.466 e. The number of aromatic nitrogens is 1. The summed E-state index contributed by atoms with van der Waals surface area (Å²) in [5.41, 5.74) is 1.03. The molecule has 1 heterocycles. The molecule has 82 valence electrons. The number of hydrogen-bond acceptors (Lipinski definition) is 4. The van der Waals surface area contributed by atoms with E-state index in [1.54, 1.807) is 19.2 Å². The van der Waals surface area contributed by atoms with Gasteiger partial charge in [0.05, 0.1) is 20.1 Å². The highest BCUT2D eigenvalue weighted by Crippen LogP contribution is 2.06. The first-order valence-corrected chi connectivity index (χ1v) is 4.58. The van der Waals surface area contributed by atoms with Gasteiger partial charge < -0.3 is 14.5 Å². The summed E-state index contributed by atoms with van der Waals surface area (Å²) in [6.45, 7) is 2.10. The van der Waals surface area contributed by atoms with Crippen LogP contribution in [0, 0.1) is 0 Å². The van der Waals surface area contributed by atoms with Crippen LogP contribution in [0.15, 0.2) is 12.3 Å². The van der Waals surface area contributed by atoms with E-state index in [9.17, 15) is 9.59 Å². The van der Waals surface area contributed by atoms with Crippen molar-refractivity contribution in [3.63, 3.8) is 0 Å². The number of aromatic amines is 1. The summed E-state index contributed by atoms with van der Waals surface area (Å²) < 4.78 is 9.29. The van der Waals surface area contributed by atoms with Crippen molar-refractivity contribution in [2.24, 2.45) is 0 Å². The van der Waals surface area contributed by atoms with Gasteiger partial charge in [0, 0.05) is 6.20 Å². The van der Waals surface area contributed by atoms with Crippen LogP contribution in [0.4, 0.5) is 0 Å². The smallest absolute Gasteiger partial charge is 0.354 e. The number of H-pyrrole nitrogens is 1. The summed E-state index contributed by atoms with van der Waals surface area (Å²) in [6, 6.07) is 1.57. The molecule has 1 rings (SSSR count). The van der Waals surface area contributed by atoms with Crippen LogP contribution in [0.5, 0.6) is 0 Å². The Bertz CT molecular complexity index is 356. The molecule has 0 aromatic carbocycles. The number of esters is 2. The highest BCUT2D eigenvalue weighted by molar-refractivity contribution is 5.87. The second-order valence-corrected chi connectivity index (χ2v) is 2.89. The van der Waals surface area contributed by atoms with Gasteiger partial charge >= 0.3 is 11.9 Å². The van der Waals surface area contributed by atoms with Gasteiger partial charge in [-0.1, -0.05) is 0 Å². The molecular formula is C10H13NO4. The van der Waals surface area contributed by atoms with E-state index in [1.165, 1.54) is 7.11 Å². The summed E-state index contributed by atoms with van der Waals surface area (Å²) >= 11 is 0. The standard InChI is InChI=1S/C10H13NO4/c1-3-15-9(12)5-7-4-8(11-6-7)10(13)14-2/h4,6,11H,3,5H2,1-2H3. The van der Waals surface area contributed by atoms with Gasteiger partial charge in [-0.15, -0.1) is 0 Å². The maximum atomic E-state index is 11.1. The van der Waals surface area contributed by atoms with Gasteiger partial charge in [-0.05, 0) is 18.6 Å². The first-order valence-electron chi connectivity index (χ1n) is 4.58. The van der Waals surface area contributed by atoms with Crippen molar-refractivity contribution in [1.29, 1.82) is 0 Å². The van der Waals surface area contributed by atoms with E-state index < -0.39 is 5.97 Å². The van der Waals surface area contributed by atoms with Crippen molar-refractivity contribution in [3.05, 3.63) is 23.5 Å². The van der Waals surface area contributed by atoms with Crippen LogP contribution in [0.25, 0.3) is 0 Å². The molecule has 5 heteroatoms. The lowest BCUT2D eigenvalue weighted by atomic mass is 10.2. The van der Waals surface area contributed by atoms with E-state index in [1.807, 2.05) is 0 Å². The predicted octanol–water partition coefficient (Wildman–Crippen LogP) is 0.907. The van der Waals surface area contributed by atoms with Crippen LogP contribution in [-0.4, -0.2) is 30.6 Å². The molecule has 0 unspecified atom stereocenters. The van der Waals surface area contributed by atoms with E-state index in [2.05, 4.69) is 9.72 Å². The fraction of sp³-hybridized carbons (Fsp3) is 0.400. The molecule has 0 aliphatic rings. The Morgan fingerprint density at radius 2 is 2.20 bits per heavy atom. The molecule has 0 atom stereocenters. The minimum Gasteiger partial charge on any atom is -0.466 e. The Hall–Kier alpha value is -1.78. The Labute approximate surface area is 87.4 Å². The summed E-state index contributed by atoms with van der Waals surface area (Å²) in [4.78, 5) is 24.9. The minimum atomic E-state index is -0.454. The SMILES string of the molecule is CCOC(=O)Cc1c[nH]c(C(=O)OC)c1. The fourth-order valence-electron chi connectivity index (χ4n) is 1.15. The number of carbonyl (C=O) groups excluding carboxylic acids is 2. The average Bonchev–Trinajstić information content (AvgIpc) is 2.65. The number of hydrogen-bond donors (Lipinski definition) is 1. The lowest BCUT2D eigenvalue weighted by Gasteiger charge is -1.98. The van der Waals surface area contributed by atoms with Gasteiger partial charge in [0.2, 0.25) is 0 Å². The topological polar surface area (TPSA) is 68.4 Å². The van der Waals surface area contributed by atoms with Gasteiger partial charge in [-0.3, -0.25) is 4.79 Å². The molecule has 0 radical (unpaired) electrons. The van der Waals surface area contributed by atoms with E-state index in [4.69, 9.17) is 4.74 Å². The van der Waals surface area contributed by atoms with Crippen LogP contribution in [-0.2, 0) is 20.7 Å². The molecule has 15 heavy (non-hydrogen) atoms. The maximum Gasteiger partial charge on any atom is 0.354 e. The van der Waals surface area contributed by atoms with Crippen LogP contribution in [0.2, 0.25) is 0 Å². The maximum absolute atomic E-state index is 11.1. The molecular weight excluding hydrogens is 198 g/mol. The van der Waals surface area contributed by atoms with Crippen molar-refractivity contribution in [2.75, 3.05) is 13.7 Å². The van der Waals surface area contributed by atoms with Crippen LogP contribution in [0.1, 0.15) is 23.0 Å². The summed E-state index contributed by atoms with van der Waals surface area (Å²) in [5.74, 6) is -0.766. The summed E-state index contributed by atoms with van der Waals surface area (Å²) in [5, 5.41) is 0. The molecule has 0 aliphatic carbocycles. The molecule has 0 saturated carbocycles. The normalized spacial score (nSPS) is 9.73. The molecule has 1 aromatic rings. The van der Waals surface area contributed by atoms with Crippen molar-refractivity contribution in [2.45, 2.75) is 13.3 Å². The quantitative estimate of drug-likeness (QED) is 0.751. The van der Waals surface area contributed by atoms with E-state index in [0.717, 1.165) is 0 Å². The van der Waals surface area contributed by atoms with Gasteiger partial charge in [0.1, 0.15) is 5.69 Å². The Morgan fingerprint density at radius 1 is 1.47 bits per heavy atom. The molecule has 0 saturated heterocycles. The van der Waals surface area contributed by atoms with Crippen molar-refractivity contribution in [1.82, 2.24) is 4.98 Å². The van der Waals surface area contributed by atoms with Gasteiger partial charge in [-0.25, -0.2) is 4.79 Å². The molecule has 0 amide bonds. The summed E-state index contributed by atoms with van der Waals surface area (Å²) in [6.07, 6.45) is 1.74.